The molecule has 2 rings (SSSR count). The van der Waals surface area contributed by atoms with Crippen LogP contribution in [0.1, 0.15) is 45.4 Å². The van der Waals surface area contributed by atoms with Crippen molar-refractivity contribution in [3.63, 3.8) is 0 Å². The van der Waals surface area contributed by atoms with Crippen LogP contribution in [0.2, 0.25) is 0 Å². The van der Waals surface area contributed by atoms with E-state index in [4.69, 9.17) is 9.47 Å². The Hall–Kier alpha value is -1.38. The number of ether oxygens (including phenoxy) is 2. The molecule has 0 radical (unpaired) electrons. The molecule has 1 aliphatic heterocycles. The third-order valence-corrected chi connectivity index (χ3v) is 2.97. The molecule has 0 aromatic heterocycles. The first kappa shape index (κ1) is 12.1. The summed E-state index contributed by atoms with van der Waals surface area (Å²) >= 11 is 0. The Bertz CT molecular complexity index is 370. The van der Waals surface area contributed by atoms with E-state index in [2.05, 4.69) is 6.92 Å². The molecule has 0 fully saturated rings. The molecule has 0 unspecified atom stereocenters. The van der Waals surface area contributed by atoms with E-state index in [1.54, 1.807) is 12.1 Å². The van der Waals surface area contributed by atoms with Crippen molar-refractivity contribution < 1.29 is 14.6 Å². The molecular weight excluding hydrogens is 216 g/mol. The van der Waals surface area contributed by atoms with E-state index >= 15 is 0 Å². The van der Waals surface area contributed by atoms with Crippen LogP contribution in [0.3, 0.4) is 0 Å². The van der Waals surface area contributed by atoms with E-state index in [0.717, 1.165) is 12.2 Å². The number of hydrogen-bond acceptors (Lipinski definition) is 3. The zero-order valence-electron chi connectivity index (χ0n) is 10.4. The standard InChI is InChI=1S/C14H20O3/c1-2-3-4-5-6-7-10-16-13-11(15)8-9-12-14(13)17-12/h8-9,15H,2-7,10H2,1H3. The van der Waals surface area contributed by atoms with Crippen LogP contribution >= 0.6 is 0 Å². The monoisotopic (exact) mass is 236 g/mol. The molecule has 0 saturated heterocycles. The van der Waals surface area contributed by atoms with Gasteiger partial charge in [0.1, 0.15) is 0 Å². The van der Waals surface area contributed by atoms with Gasteiger partial charge in [0.05, 0.1) is 6.61 Å². The molecule has 3 heteroatoms. The third-order valence-electron chi connectivity index (χ3n) is 2.97. The van der Waals surface area contributed by atoms with E-state index in [1.165, 1.54) is 32.1 Å². The van der Waals surface area contributed by atoms with E-state index in [9.17, 15) is 5.11 Å². The fourth-order valence-electron chi connectivity index (χ4n) is 1.90. The SMILES string of the molecule is CCCCCCCCOc1c(O)ccc2c1O2. The summed E-state index contributed by atoms with van der Waals surface area (Å²) in [6.45, 7) is 2.87. The highest BCUT2D eigenvalue weighted by molar-refractivity contribution is 5.67. The molecule has 1 N–H and O–H groups in total. The van der Waals surface area contributed by atoms with E-state index in [-0.39, 0.29) is 5.75 Å². The summed E-state index contributed by atoms with van der Waals surface area (Å²) in [6.07, 6.45) is 7.40. The van der Waals surface area contributed by atoms with Crippen LogP contribution in [0.5, 0.6) is 23.0 Å². The van der Waals surface area contributed by atoms with Crippen LogP contribution < -0.4 is 9.47 Å². The lowest BCUT2D eigenvalue weighted by atomic mass is 10.1. The maximum absolute atomic E-state index is 9.59. The van der Waals surface area contributed by atoms with E-state index < -0.39 is 0 Å². The Morgan fingerprint density at radius 3 is 2.71 bits per heavy atom. The molecule has 1 aromatic carbocycles. The van der Waals surface area contributed by atoms with E-state index in [1.807, 2.05) is 0 Å². The molecule has 1 heterocycles. The molecule has 3 nitrogen and oxygen atoms in total. The molecular formula is C14H20O3. The quantitative estimate of drug-likeness (QED) is 0.550. The van der Waals surface area contributed by atoms with Gasteiger partial charge in [0, 0.05) is 0 Å². The number of rotatable bonds is 8. The van der Waals surface area contributed by atoms with Gasteiger partial charge in [0.15, 0.2) is 11.5 Å². The molecule has 0 bridgehead atoms. The van der Waals surface area contributed by atoms with Crippen molar-refractivity contribution in [2.75, 3.05) is 6.61 Å². The summed E-state index contributed by atoms with van der Waals surface area (Å²) in [6, 6.07) is 3.37. The van der Waals surface area contributed by atoms with Crippen LogP contribution in [0.4, 0.5) is 0 Å². The molecule has 1 aromatic rings. The molecule has 94 valence electrons. The Labute approximate surface area is 102 Å². The summed E-state index contributed by atoms with van der Waals surface area (Å²) in [5.41, 5.74) is 0. The predicted molar refractivity (Wildman–Crippen MR) is 67.1 cm³/mol. The van der Waals surface area contributed by atoms with Gasteiger partial charge < -0.3 is 14.6 Å². The number of fused-ring (bicyclic) bond motifs is 1. The second-order valence-corrected chi connectivity index (χ2v) is 4.46. The Kier molecular flexibility index (Phi) is 4.13. The highest BCUT2D eigenvalue weighted by atomic mass is 16.6. The number of benzene rings is 1. The van der Waals surface area contributed by atoms with Crippen molar-refractivity contribution >= 4 is 0 Å². The zero-order valence-corrected chi connectivity index (χ0v) is 10.4. The minimum absolute atomic E-state index is 0.173. The number of phenolic OH excluding ortho intramolecular Hbond substituents is 1. The Balaban J connectivity index is 1.63. The molecule has 0 atom stereocenters. The number of unbranched alkanes of at least 4 members (excludes halogenated alkanes) is 5. The number of aromatic hydroxyl groups is 1. The van der Waals surface area contributed by atoms with Crippen LogP contribution in [-0.4, -0.2) is 11.7 Å². The van der Waals surface area contributed by atoms with Crippen molar-refractivity contribution in [3.05, 3.63) is 12.1 Å². The molecule has 0 saturated carbocycles. The van der Waals surface area contributed by atoms with Gasteiger partial charge in [0.25, 0.3) is 0 Å². The van der Waals surface area contributed by atoms with Gasteiger partial charge in [-0.15, -0.1) is 0 Å². The fourth-order valence-corrected chi connectivity index (χ4v) is 1.90. The molecule has 17 heavy (non-hydrogen) atoms. The van der Waals surface area contributed by atoms with Gasteiger partial charge in [-0.25, -0.2) is 0 Å². The van der Waals surface area contributed by atoms with Gasteiger partial charge in [0.2, 0.25) is 11.5 Å². The third kappa shape index (κ3) is 3.29. The first-order chi connectivity index (χ1) is 8.33. The maximum atomic E-state index is 9.59. The normalized spacial score (nSPS) is 11.8. The van der Waals surface area contributed by atoms with Crippen molar-refractivity contribution in [2.24, 2.45) is 0 Å². The second-order valence-electron chi connectivity index (χ2n) is 4.46. The van der Waals surface area contributed by atoms with Crippen molar-refractivity contribution in [2.45, 2.75) is 45.4 Å². The molecule has 0 amide bonds. The van der Waals surface area contributed by atoms with Crippen LogP contribution in [0.15, 0.2) is 12.1 Å². The largest absolute Gasteiger partial charge is 0.504 e. The van der Waals surface area contributed by atoms with Gasteiger partial charge in [-0.2, -0.15) is 0 Å². The number of hydrogen-bond donors (Lipinski definition) is 1. The second kappa shape index (κ2) is 5.80. The maximum Gasteiger partial charge on any atom is 0.215 e. The van der Waals surface area contributed by atoms with Crippen LogP contribution in [0.25, 0.3) is 0 Å². The minimum atomic E-state index is 0.173. The lowest BCUT2D eigenvalue weighted by molar-refractivity contribution is 0.286. The van der Waals surface area contributed by atoms with Crippen LogP contribution in [0, 0.1) is 0 Å². The van der Waals surface area contributed by atoms with Gasteiger partial charge in [-0.05, 0) is 18.6 Å². The first-order valence-electron chi connectivity index (χ1n) is 6.49. The summed E-state index contributed by atoms with van der Waals surface area (Å²) in [5.74, 6) is 2.21. The number of phenols is 1. The smallest absolute Gasteiger partial charge is 0.215 e. The van der Waals surface area contributed by atoms with Crippen molar-refractivity contribution in [1.29, 1.82) is 0 Å². The lowest BCUT2D eigenvalue weighted by Crippen LogP contribution is -1.96. The van der Waals surface area contributed by atoms with Crippen molar-refractivity contribution in [3.8, 4) is 23.0 Å². The Morgan fingerprint density at radius 2 is 1.88 bits per heavy atom. The summed E-state index contributed by atoms with van der Waals surface area (Å²) in [5, 5.41) is 9.59. The average Bonchev–Trinajstić information content (AvgIpc) is 3.10. The topological polar surface area (TPSA) is 42.0 Å². The molecule has 0 spiro atoms. The predicted octanol–water partition coefficient (Wildman–Crippen LogP) is 4.24. The summed E-state index contributed by atoms with van der Waals surface area (Å²) in [4.78, 5) is 0. The highest BCUT2D eigenvalue weighted by Crippen LogP contribution is 2.56. The zero-order chi connectivity index (χ0) is 12.1. The average molecular weight is 236 g/mol. The van der Waals surface area contributed by atoms with E-state index in [0.29, 0.717) is 18.1 Å². The van der Waals surface area contributed by atoms with Gasteiger partial charge in [-0.3, -0.25) is 0 Å². The molecule has 0 aliphatic carbocycles. The van der Waals surface area contributed by atoms with Gasteiger partial charge >= 0.3 is 0 Å². The van der Waals surface area contributed by atoms with Crippen molar-refractivity contribution in [1.82, 2.24) is 0 Å². The van der Waals surface area contributed by atoms with Crippen LogP contribution in [-0.2, 0) is 0 Å². The fraction of sp³-hybridized carbons (Fsp3) is 0.571. The summed E-state index contributed by atoms with van der Waals surface area (Å²) < 4.78 is 10.7. The first-order valence-corrected chi connectivity index (χ1v) is 6.49. The molecule has 1 aliphatic rings. The highest BCUT2D eigenvalue weighted by Gasteiger charge is 2.28. The van der Waals surface area contributed by atoms with Gasteiger partial charge in [-0.1, -0.05) is 39.0 Å². The summed E-state index contributed by atoms with van der Waals surface area (Å²) in [7, 11) is 0. The minimum Gasteiger partial charge on any atom is -0.504 e. The Morgan fingerprint density at radius 1 is 1.12 bits per heavy atom. The lowest BCUT2D eigenvalue weighted by Gasteiger charge is -2.05.